The predicted octanol–water partition coefficient (Wildman–Crippen LogP) is -0.217. The number of nitrogens with one attached hydrogen (secondary N) is 1. The highest BCUT2D eigenvalue weighted by Gasteiger charge is 2.16. The lowest BCUT2D eigenvalue weighted by molar-refractivity contribution is 0.566. The van der Waals surface area contributed by atoms with Crippen LogP contribution in [0.5, 0.6) is 0 Å². The molecule has 1 rings (SSSR count). The molecular formula is C6H13NO2S. The molecule has 0 aliphatic carbocycles. The van der Waals surface area contributed by atoms with Crippen LogP contribution in [0.3, 0.4) is 0 Å². The summed E-state index contributed by atoms with van der Waals surface area (Å²) in [6.07, 6.45) is 0.752. The van der Waals surface area contributed by atoms with E-state index in [0.29, 0.717) is 24.1 Å². The first kappa shape index (κ1) is 8.01. The lowest BCUT2D eigenvalue weighted by Gasteiger charge is -2.05. The molecule has 1 aliphatic rings. The van der Waals surface area contributed by atoms with E-state index in [-0.39, 0.29) is 0 Å². The van der Waals surface area contributed by atoms with Gasteiger partial charge in [0.15, 0.2) is 9.84 Å². The van der Waals surface area contributed by atoms with Crippen molar-refractivity contribution in [2.45, 2.75) is 19.4 Å². The summed E-state index contributed by atoms with van der Waals surface area (Å²) in [6, 6.07) is 0.359. The molecule has 0 aromatic carbocycles. The quantitative estimate of drug-likeness (QED) is 0.537. The molecule has 0 amide bonds. The molecule has 0 bridgehead atoms. The molecule has 4 heteroatoms. The Bertz CT molecular complexity index is 198. The van der Waals surface area contributed by atoms with Crippen LogP contribution in [0, 0.1) is 0 Å². The SMILES string of the molecule is CC1CCS(=O)(=O)CCN1. The minimum atomic E-state index is -2.71. The van der Waals surface area contributed by atoms with Gasteiger partial charge in [0.05, 0.1) is 11.5 Å². The molecule has 1 atom stereocenters. The van der Waals surface area contributed by atoms with Crippen LogP contribution < -0.4 is 5.32 Å². The molecule has 1 N–H and O–H groups in total. The van der Waals surface area contributed by atoms with Crippen molar-refractivity contribution in [2.24, 2.45) is 0 Å². The van der Waals surface area contributed by atoms with E-state index in [0.717, 1.165) is 6.42 Å². The summed E-state index contributed by atoms with van der Waals surface area (Å²) in [5.41, 5.74) is 0. The molecule has 1 unspecified atom stereocenters. The van der Waals surface area contributed by atoms with E-state index in [1.807, 2.05) is 6.92 Å². The highest BCUT2D eigenvalue weighted by Crippen LogP contribution is 2.01. The Hall–Kier alpha value is -0.0900. The second kappa shape index (κ2) is 2.88. The van der Waals surface area contributed by atoms with Gasteiger partial charge in [-0.25, -0.2) is 8.42 Å². The fourth-order valence-corrected chi connectivity index (χ4v) is 2.37. The molecule has 0 spiro atoms. The number of sulfone groups is 1. The summed E-state index contributed by atoms with van der Waals surface area (Å²) in [7, 11) is -2.71. The van der Waals surface area contributed by atoms with Crippen LogP contribution in [-0.4, -0.2) is 32.5 Å². The van der Waals surface area contributed by atoms with Gasteiger partial charge in [0.25, 0.3) is 0 Å². The van der Waals surface area contributed by atoms with Gasteiger partial charge in [0.2, 0.25) is 0 Å². The summed E-state index contributed by atoms with van der Waals surface area (Å²) >= 11 is 0. The van der Waals surface area contributed by atoms with E-state index in [2.05, 4.69) is 5.32 Å². The number of hydrogen-bond donors (Lipinski definition) is 1. The Kier molecular flexibility index (Phi) is 2.31. The first-order valence-electron chi connectivity index (χ1n) is 3.54. The molecule has 1 fully saturated rings. The van der Waals surface area contributed by atoms with Crippen molar-refractivity contribution in [3.05, 3.63) is 0 Å². The van der Waals surface area contributed by atoms with Crippen molar-refractivity contribution in [1.29, 1.82) is 0 Å². The third kappa shape index (κ3) is 2.27. The first-order valence-corrected chi connectivity index (χ1v) is 5.36. The molecule has 0 saturated carbocycles. The molecule has 0 radical (unpaired) electrons. The third-order valence-corrected chi connectivity index (χ3v) is 3.45. The molecule has 10 heavy (non-hydrogen) atoms. The third-order valence-electron chi connectivity index (χ3n) is 1.77. The van der Waals surface area contributed by atoms with Crippen LogP contribution in [0.4, 0.5) is 0 Å². The van der Waals surface area contributed by atoms with Gasteiger partial charge in [0, 0.05) is 12.6 Å². The maximum Gasteiger partial charge on any atom is 0.151 e. The Labute approximate surface area is 61.7 Å². The van der Waals surface area contributed by atoms with E-state index in [1.165, 1.54) is 0 Å². The number of hydrogen-bond acceptors (Lipinski definition) is 3. The van der Waals surface area contributed by atoms with Gasteiger partial charge in [-0.1, -0.05) is 0 Å². The normalized spacial score (nSPS) is 33.1. The zero-order valence-electron chi connectivity index (χ0n) is 6.13. The molecule has 0 aromatic heterocycles. The predicted molar refractivity (Wildman–Crippen MR) is 40.7 cm³/mol. The van der Waals surface area contributed by atoms with Crippen LogP contribution in [0.2, 0.25) is 0 Å². The summed E-state index contributed by atoms with van der Waals surface area (Å²) in [4.78, 5) is 0. The van der Waals surface area contributed by atoms with Crippen LogP contribution in [0.25, 0.3) is 0 Å². The van der Waals surface area contributed by atoms with E-state index in [1.54, 1.807) is 0 Å². The maximum absolute atomic E-state index is 11.0. The van der Waals surface area contributed by atoms with Crippen molar-refractivity contribution >= 4 is 9.84 Å². The van der Waals surface area contributed by atoms with Gasteiger partial charge in [-0.3, -0.25) is 0 Å². The monoisotopic (exact) mass is 163 g/mol. The average molecular weight is 163 g/mol. The summed E-state index contributed by atoms with van der Waals surface area (Å²) < 4.78 is 22.0. The van der Waals surface area contributed by atoms with E-state index >= 15 is 0 Å². The molecular weight excluding hydrogens is 150 g/mol. The van der Waals surface area contributed by atoms with Gasteiger partial charge in [-0.15, -0.1) is 0 Å². The zero-order chi connectivity index (χ0) is 7.61. The first-order chi connectivity index (χ1) is 4.60. The van der Waals surface area contributed by atoms with Crippen molar-refractivity contribution in [1.82, 2.24) is 5.32 Å². The van der Waals surface area contributed by atoms with E-state index < -0.39 is 9.84 Å². The van der Waals surface area contributed by atoms with Crippen LogP contribution in [0.15, 0.2) is 0 Å². The van der Waals surface area contributed by atoms with Gasteiger partial charge in [-0.2, -0.15) is 0 Å². The van der Waals surface area contributed by atoms with Gasteiger partial charge < -0.3 is 5.32 Å². The van der Waals surface area contributed by atoms with E-state index in [9.17, 15) is 8.42 Å². The Balaban J connectivity index is 2.58. The van der Waals surface area contributed by atoms with Crippen LogP contribution in [0.1, 0.15) is 13.3 Å². The highest BCUT2D eigenvalue weighted by molar-refractivity contribution is 7.91. The maximum atomic E-state index is 11.0. The number of rotatable bonds is 0. The zero-order valence-corrected chi connectivity index (χ0v) is 6.95. The molecule has 1 saturated heterocycles. The molecule has 1 aliphatic heterocycles. The summed E-state index contributed by atoms with van der Waals surface area (Å²) in [5.74, 6) is 0.651. The van der Waals surface area contributed by atoms with Gasteiger partial charge in [0.1, 0.15) is 0 Å². The Morgan fingerprint density at radius 3 is 2.80 bits per heavy atom. The average Bonchev–Trinajstić information content (AvgIpc) is 1.94. The van der Waals surface area contributed by atoms with Crippen molar-refractivity contribution in [3.8, 4) is 0 Å². The summed E-state index contributed by atoms with van der Waals surface area (Å²) in [6.45, 7) is 2.63. The van der Waals surface area contributed by atoms with Gasteiger partial charge >= 0.3 is 0 Å². The molecule has 60 valence electrons. The fraction of sp³-hybridized carbons (Fsp3) is 1.00. The van der Waals surface area contributed by atoms with Crippen LogP contribution >= 0.6 is 0 Å². The largest absolute Gasteiger partial charge is 0.313 e. The molecule has 0 aromatic rings. The van der Waals surface area contributed by atoms with E-state index in [4.69, 9.17) is 0 Å². The topological polar surface area (TPSA) is 46.2 Å². The smallest absolute Gasteiger partial charge is 0.151 e. The molecule has 1 heterocycles. The van der Waals surface area contributed by atoms with Crippen molar-refractivity contribution < 1.29 is 8.42 Å². The standard InChI is InChI=1S/C6H13NO2S/c1-6-2-4-10(8,9)5-3-7-6/h6-7H,2-5H2,1H3. The molecule has 3 nitrogen and oxygen atoms in total. The lowest BCUT2D eigenvalue weighted by atomic mass is 10.3. The van der Waals surface area contributed by atoms with Crippen LogP contribution in [-0.2, 0) is 9.84 Å². The minimum absolute atomic E-state index is 0.303. The fourth-order valence-electron chi connectivity index (χ4n) is 1.02. The van der Waals surface area contributed by atoms with Crippen molar-refractivity contribution in [3.63, 3.8) is 0 Å². The second-order valence-electron chi connectivity index (χ2n) is 2.80. The Morgan fingerprint density at radius 2 is 2.10 bits per heavy atom. The summed E-state index contributed by atoms with van der Waals surface area (Å²) in [5, 5.41) is 3.12. The van der Waals surface area contributed by atoms with Crippen molar-refractivity contribution in [2.75, 3.05) is 18.1 Å². The minimum Gasteiger partial charge on any atom is -0.313 e. The Morgan fingerprint density at radius 1 is 1.40 bits per heavy atom. The lowest BCUT2D eigenvalue weighted by Crippen LogP contribution is -2.26. The second-order valence-corrected chi connectivity index (χ2v) is 5.10. The van der Waals surface area contributed by atoms with Gasteiger partial charge in [-0.05, 0) is 13.3 Å². The highest BCUT2D eigenvalue weighted by atomic mass is 32.2.